The van der Waals surface area contributed by atoms with Gasteiger partial charge < -0.3 is 5.32 Å². The SMILES string of the molecule is CC(C)(C)c1ccc(C2=NCCCN2)cc1. The molecule has 86 valence electrons. The molecular weight excluding hydrogens is 196 g/mol. The van der Waals surface area contributed by atoms with Crippen molar-refractivity contribution in [2.75, 3.05) is 13.1 Å². The molecule has 1 aromatic carbocycles. The average molecular weight is 216 g/mol. The summed E-state index contributed by atoms with van der Waals surface area (Å²) in [5.41, 5.74) is 2.79. The van der Waals surface area contributed by atoms with E-state index in [1.54, 1.807) is 0 Å². The fourth-order valence-corrected chi connectivity index (χ4v) is 1.85. The second-order valence-corrected chi connectivity index (χ2v) is 5.34. The summed E-state index contributed by atoms with van der Waals surface area (Å²) in [5, 5.41) is 3.34. The van der Waals surface area contributed by atoms with Gasteiger partial charge in [0, 0.05) is 18.7 Å². The van der Waals surface area contributed by atoms with Gasteiger partial charge in [-0.25, -0.2) is 0 Å². The molecule has 1 heterocycles. The number of amidine groups is 1. The van der Waals surface area contributed by atoms with Gasteiger partial charge in [-0.15, -0.1) is 0 Å². The van der Waals surface area contributed by atoms with Gasteiger partial charge in [-0.2, -0.15) is 0 Å². The maximum atomic E-state index is 4.50. The van der Waals surface area contributed by atoms with Crippen molar-refractivity contribution in [2.24, 2.45) is 4.99 Å². The van der Waals surface area contributed by atoms with Gasteiger partial charge >= 0.3 is 0 Å². The zero-order valence-electron chi connectivity index (χ0n) is 10.4. The summed E-state index contributed by atoms with van der Waals surface area (Å²) in [4.78, 5) is 4.50. The van der Waals surface area contributed by atoms with Crippen LogP contribution in [0.3, 0.4) is 0 Å². The van der Waals surface area contributed by atoms with Crippen molar-refractivity contribution in [3.8, 4) is 0 Å². The monoisotopic (exact) mass is 216 g/mol. The molecule has 0 fully saturated rings. The van der Waals surface area contributed by atoms with E-state index in [4.69, 9.17) is 0 Å². The minimum Gasteiger partial charge on any atom is -0.370 e. The Hall–Kier alpha value is -1.31. The van der Waals surface area contributed by atoms with Crippen LogP contribution in [0.25, 0.3) is 0 Å². The van der Waals surface area contributed by atoms with Gasteiger partial charge in [-0.3, -0.25) is 4.99 Å². The molecule has 0 bridgehead atoms. The van der Waals surface area contributed by atoms with Crippen molar-refractivity contribution in [2.45, 2.75) is 32.6 Å². The van der Waals surface area contributed by atoms with E-state index in [0.717, 1.165) is 25.3 Å². The first-order chi connectivity index (χ1) is 7.57. The number of nitrogens with zero attached hydrogens (tertiary/aromatic N) is 1. The zero-order chi connectivity index (χ0) is 11.6. The maximum absolute atomic E-state index is 4.50. The summed E-state index contributed by atoms with van der Waals surface area (Å²) in [5.74, 6) is 1.05. The van der Waals surface area contributed by atoms with Gasteiger partial charge in [0.15, 0.2) is 0 Å². The smallest absolute Gasteiger partial charge is 0.128 e. The van der Waals surface area contributed by atoms with Crippen LogP contribution in [0.4, 0.5) is 0 Å². The normalized spacial score (nSPS) is 16.6. The summed E-state index contributed by atoms with van der Waals surface area (Å²) in [6.45, 7) is 8.69. The zero-order valence-corrected chi connectivity index (χ0v) is 10.4. The summed E-state index contributed by atoms with van der Waals surface area (Å²) >= 11 is 0. The highest BCUT2D eigenvalue weighted by Crippen LogP contribution is 2.22. The van der Waals surface area contributed by atoms with E-state index in [9.17, 15) is 0 Å². The van der Waals surface area contributed by atoms with Crippen molar-refractivity contribution in [1.82, 2.24) is 5.32 Å². The fraction of sp³-hybridized carbons (Fsp3) is 0.500. The minimum absolute atomic E-state index is 0.223. The number of aliphatic imine (C=N–C) groups is 1. The second kappa shape index (κ2) is 4.28. The molecule has 0 spiro atoms. The molecule has 0 aliphatic carbocycles. The lowest BCUT2D eigenvalue weighted by Crippen LogP contribution is -2.30. The number of benzene rings is 1. The van der Waals surface area contributed by atoms with E-state index in [0.29, 0.717) is 0 Å². The lowest BCUT2D eigenvalue weighted by Gasteiger charge is -2.20. The van der Waals surface area contributed by atoms with Crippen molar-refractivity contribution >= 4 is 5.84 Å². The largest absolute Gasteiger partial charge is 0.370 e. The molecule has 0 amide bonds. The fourth-order valence-electron chi connectivity index (χ4n) is 1.85. The van der Waals surface area contributed by atoms with E-state index in [2.05, 4.69) is 55.3 Å². The van der Waals surface area contributed by atoms with Crippen LogP contribution in [-0.2, 0) is 5.41 Å². The van der Waals surface area contributed by atoms with Crippen molar-refractivity contribution in [3.05, 3.63) is 35.4 Å². The van der Waals surface area contributed by atoms with Gasteiger partial charge in [-0.1, -0.05) is 45.0 Å². The number of rotatable bonds is 1. The second-order valence-electron chi connectivity index (χ2n) is 5.34. The van der Waals surface area contributed by atoms with Gasteiger partial charge in [0.25, 0.3) is 0 Å². The molecule has 2 heteroatoms. The Morgan fingerprint density at radius 1 is 1.12 bits per heavy atom. The molecule has 0 saturated carbocycles. The van der Waals surface area contributed by atoms with E-state index < -0.39 is 0 Å². The molecule has 16 heavy (non-hydrogen) atoms. The summed E-state index contributed by atoms with van der Waals surface area (Å²) in [6, 6.07) is 8.73. The Labute approximate surface area is 97.8 Å². The van der Waals surface area contributed by atoms with Crippen molar-refractivity contribution in [1.29, 1.82) is 0 Å². The van der Waals surface area contributed by atoms with Crippen LogP contribution < -0.4 is 5.32 Å². The van der Waals surface area contributed by atoms with Crippen LogP contribution in [-0.4, -0.2) is 18.9 Å². The number of hydrogen-bond donors (Lipinski definition) is 1. The standard InChI is InChI=1S/C14H20N2/c1-14(2,3)12-7-5-11(6-8-12)13-15-9-4-10-16-13/h5-8H,4,9-10H2,1-3H3,(H,15,16). The van der Waals surface area contributed by atoms with Crippen molar-refractivity contribution < 1.29 is 0 Å². The van der Waals surface area contributed by atoms with Crippen LogP contribution >= 0.6 is 0 Å². The van der Waals surface area contributed by atoms with E-state index >= 15 is 0 Å². The maximum Gasteiger partial charge on any atom is 0.128 e. The number of hydrogen-bond acceptors (Lipinski definition) is 2. The van der Waals surface area contributed by atoms with Crippen LogP contribution in [0.15, 0.2) is 29.3 Å². The van der Waals surface area contributed by atoms with Gasteiger partial charge in [0.05, 0.1) is 0 Å². The van der Waals surface area contributed by atoms with Crippen LogP contribution in [0, 0.1) is 0 Å². The molecule has 0 atom stereocenters. The average Bonchev–Trinajstić information content (AvgIpc) is 2.29. The number of nitrogens with one attached hydrogen (secondary N) is 1. The molecule has 1 aromatic rings. The molecule has 1 N–H and O–H groups in total. The van der Waals surface area contributed by atoms with Crippen molar-refractivity contribution in [3.63, 3.8) is 0 Å². The Balaban J connectivity index is 2.22. The van der Waals surface area contributed by atoms with E-state index in [1.165, 1.54) is 11.1 Å². The molecule has 2 nitrogen and oxygen atoms in total. The summed E-state index contributed by atoms with van der Waals surface area (Å²) < 4.78 is 0. The highest BCUT2D eigenvalue weighted by molar-refractivity contribution is 5.99. The molecular formula is C14H20N2. The third-order valence-electron chi connectivity index (χ3n) is 2.92. The van der Waals surface area contributed by atoms with Crippen LogP contribution in [0.5, 0.6) is 0 Å². The minimum atomic E-state index is 0.223. The molecule has 2 rings (SSSR count). The molecule has 0 unspecified atom stereocenters. The van der Waals surface area contributed by atoms with Crippen LogP contribution in [0.1, 0.15) is 38.3 Å². The predicted octanol–water partition coefficient (Wildman–Crippen LogP) is 2.72. The van der Waals surface area contributed by atoms with Crippen LogP contribution in [0.2, 0.25) is 0 Å². The Bertz CT molecular complexity index is 382. The van der Waals surface area contributed by atoms with Gasteiger partial charge in [0.2, 0.25) is 0 Å². The molecule has 0 aromatic heterocycles. The predicted molar refractivity (Wildman–Crippen MR) is 69.2 cm³/mol. The van der Waals surface area contributed by atoms with E-state index in [1.807, 2.05) is 0 Å². The first kappa shape index (κ1) is 11.2. The van der Waals surface area contributed by atoms with Gasteiger partial charge in [0.1, 0.15) is 5.84 Å². The Kier molecular flexibility index (Phi) is 2.99. The lowest BCUT2D eigenvalue weighted by molar-refractivity contribution is 0.590. The third-order valence-corrected chi connectivity index (χ3v) is 2.92. The quantitative estimate of drug-likeness (QED) is 0.767. The Morgan fingerprint density at radius 2 is 1.81 bits per heavy atom. The molecule has 0 radical (unpaired) electrons. The first-order valence-corrected chi connectivity index (χ1v) is 5.96. The molecule has 1 aliphatic heterocycles. The molecule has 1 aliphatic rings. The molecule has 0 saturated heterocycles. The van der Waals surface area contributed by atoms with Gasteiger partial charge in [-0.05, 0) is 17.4 Å². The topological polar surface area (TPSA) is 24.4 Å². The first-order valence-electron chi connectivity index (χ1n) is 5.96. The third kappa shape index (κ3) is 2.43. The summed E-state index contributed by atoms with van der Waals surface area (Å²) in [7, 11) is 0. The Morgan fingerprint density at radius 3 is 2.31 bits per heavy atom. The van der Waals surface area contributed by atoms with E-state index in [-0.39, 0.29) is 5.41 Å². The highest BCUT2D eigenvalue weighted by Gasteiger charge is 2.14. The lowest BCUT2D eigenvalue weighted by atomic mass is 9.86. The summed E-state index contributed by atoms with van der Waals surface area (Å²) in [6.07, 6.45) is 1.14. The highest BCUT2D eigenvalue weighted by atomic mass is 15.0.